The third-order valence-corrected chi connectivity index (χ3v) is 5.07. The van der Waals surface area contributed by atoms with E-state index in [4.69, 9.17) is 28.9 Å². The van der Waals surface area contributed by atoms with E-state index < -0.39 is 0 Å². The Balaban J connectivity index is 1.99. The Morgan fingerprint density at radius 3 is 2.82 bits per heavy atom. The lowest BCUT2D eigenvalue weighted by Crippen LogP contribution is -2.12. The topological polar surface area (TPSA) is 68.0 Å². The smallest absolute Gasteiger partial charge is 0.267 e. The second-order valence-corrected chi connectivity index (χ2v) is 6.49. The number of hydrogen-bond acceptors (Lipinski definition) is 4. The molecular formula is C15H11Cl2N3OS. The Bertz CT molecular complexity index is 892. The van der Waals surface area contributed by atoms with Crippen molar-refractivity contribution >= 4 is 62.0 Å². The molecule has 1 amide bonds. The highest BCUT2D eigenvalue weighted by molar-refractivity contribution is 7.21. The van der Waals surface area contributed by atoms with Gasteiger partial charge in [-0.3, -0.25) is 4.79 Å². The predicted molar refractivity (Wildman–Crippen MR) is 93.2 cm³/mol. The maximum atomic E-state index is 12.4. The first-order valence-corrected chi connectivity index (χ1v) is 7.95. The fourth-order valence-corrected chi connectivity index (χ4v) is 3.42. The number of aromatic nitrogens is 1. The van der Waals surface area contributed by atoms with Gasteiger partial charge in [-0.15, -0.1) is 11.3 Å². The first kappa shape index (κ1) is 15.1. The maximum Gasteiger partial charge on any atom is 0.267 e. The number of carbonyl (C=O) groups excluding carboxylic acids is 1. The molecule has 0 aliphatic rings. The van der Waals surface area contributed by atoms with Crippen molar-refractivity contribution in [1.82, 2.24) is 4.98 Å². The molecule has 0 aliphatic heterocycles. The minimum atomic E-state index is -0.331. The molecule has 0 radical (unpaired) electrons. The normalized spacial score (nSPS) is 10.9. The Morgan fingerprint density at radius 1 is 1.27 bits per heavy atom. The molecule has 4 nitrogen and oxygen atoms in total. The van der Waals surface area contributed by atoms with E-state index in [9.17, 15) is 4.79 Å². The summed E-state index contributed by atoms with van der Waals surface area (Å²) in [7, 11) is 0. The molecule has 112 valence electrons. The zero-order valence-corrected chi connectivity index (χ0v) is 13.8. The van der Waals surface area contributed by atoms with Crippen molar-refractivity contribution in [3.63, 3.8) is 0 Å². The monoisotopic (exact) mass is 351 g/mol. The van der Waals surface area contributed by atoms with Crippen LogP contribution >= 0.6 is 34.5 Å². The highest BCUT2D eigenvalue weighted by atomic mass is 35.5. The first-order chi connectivity index (χ1) is 10.5. The molecule has 0 bridgehead atoms. The van der Waals surface area contributed by atoms with Crippen molar-refractivity contribution in [2.75, 3.05) is 11.1 Å². The molecule has 7 heteroatoms. The van der Waals surface area contributed by atoms with Crippen LogP contribution in [0, 0.1) is 6.92 Å². The van der Waals surface area contributed by atoms with Crippen LogP contribution in [0.1, 0.15) is 15.4 Å². The minimum absolute atomic E-state index is 0.297. The van der Waals surface area contributed by atoms with E-state index in [-0.39, 0.29) is 5.91 Å². The van der Waals surface area contributed by atoms with E-state index in [2.05, 4.69) is 10.3 Å². The third kappa shape index (κ3) is 2.63. The lowest BCUT2D eigenvalue weighted by Gasteiger charge is -2.07. The lowest BCUT2D eigenvalue weighted by atomic mass is 10.2. The van der Waals surface area contributed by atoms with Crippen molar-refractivity contribution in [2.45, 2.75) is 6.92 Å². The molecule has 2 aromatic heterocycles. The number of benzene rings is 1. The van der Waals surface area contributed by atoms with Crippen LogP contribution in [0.4, 0.5) is 11.4 Å². The molecule has 3 rings (SSSR count). The van der Waals surface area contributed by atoms with Crippen LogP contribution in [0.15, 0.2) is 30.3 Å². The van der Waals surface area contributed by atoms with Crippen LogP contribution in [-0.2, 0) is 0 Å². The highest BCUT2D eigenvalue weighted by Crippen LogP contribution is 2.34. The van der Waals surface area contributed by atoms with Gasteiger partial charge in [0.2, 0.25) is 0 Å². The summed E-state index contributed by atoms with van der Waals surface area (Å²) in [6.07, 6.45) is 0. The van der Waals surface area contributed by atoms with Crippen molar-refractivity contribution in [3.8, 4) is 0 Å². The minimum Gasteiger partial charge on any atom is -0.397 e. The summed E-state index contributed by atoms with van der Waals surface area (Å²) >= 11 is 13.3. The number of pyridine rings is 1. The lowest BCUT2D eigenvalue weighted by molar-refractivity contribution is 0.103. The van der Waals surface area contributed by atoms with Gasteiger partial charge >= 0.3 is 0 Å². The second-order valence-electron chi connectivity index (χ2n) is 4.71. The number of fused-ring (bicyclic) bond motifs is 1. The molecule has 0 unspecified atom stereocenters. The van der Waals surface area contributed by atoms with Gasteiger partial charge in [0.15, 0.2) is 0 Å². The van der Waals surface area contributed by atoms with E-state index >= 15 is 0 Å². The summed E-state index contributed by atoms with van der Waals surface area (Å²) in [5, 5.41) is 4.18. The van der Waals surface area contributed by atoms with E-state index in [1.807, 2.05) is 19.1 Å². The number of carbonyl (C=O) groups is 1. The molecule has 0 atom stereocenters. The number of nitrogens with zero attached hydrogens (tertiary/aromatic N) is 1. The van der Waals surface area contributed by atoms with Gasteiger partial charge in [0.1, 0.15) is 9.71 Å². The van der Waals surface area contributed by atoms with Gasteiger partial charge in [-0.1, -0.05) is 29.3 Å². The number of aryl methyl sites for hydroxylation is 1. The summed E-state index contributed by atoms with van der Waals surface area (Å²) in [5.41, 5.74) is 7.80. The molecule has 0 aliphatic carbocycles. The number of anilines is 2. The fraction of sp³-hybridized carbons (Fsp3) is 0.0667. The zero-order valence-electron chi connectivity index (χ0n) is 11.5. The van der Waals surface area contributed by atoms with E-state index in [0.717, 1.165) is 15.9 Å². The standard InChI is InChI=1S/C15H11Cl2N3OS/c1-7-5-6-8-12(18)13(22-15(8)19-7)14(21)20-10-4-2-3-9(16)11(10)17/h2-6H,18H2,1H3,(H,20,21). The average molecular weight is 352 g/mol. The van der Waals surface area contributed by atoms with Gasteiger partial charge in [-0.25, -0.2) is 4.98 Å². The van der Waals surface area contributed by atoms with Crippen molar-refractivity contribution < 1.29 is 4.79 Å². The molecule has 0 saturated heterocycles. The van der Waals surface area contributed by atoms with Crippen LogP contribution in [0.5, 0.6) is 0 Å². The van der Waals surface area contributed by atoms with Gasteiger partial charge < -0.3 is 11.1 Å². The summed E-state index contributed by atoms with van der Waals surface area (Å²) in [5.74, 6) is -0.331. The first-order valence-electron chi connectivity index (χ1n) is 6.38. The number of nitrogens with two attached hydrogens (primary N) is 1. The molecule has 3 aromatic rings. The Hall–Kier alpha value is -1.82. The molecule has 3 N–H and O–H groups in total. The van der Waals surface area contributed by atoms with Crippen molar-refractivity contribution in [3.05, 3.63) is 50.9 Å². The summed E-state index contributed by atoms with van der Waals surface area (Å²) < 4.78 is 0. The van der Waals surface area contributed by atoms with Gasteiger partial charge in [0.05, 0.1) is 21.4 Å². The molecule has 2 heterocycles. The SMILES string of the molecule is Cc1ccc2c(N)c(C(=O)Nc3cccc(Cl)c3Cl)sc2n1. The van der Waals surface area contributed by atoms with Gasteiger partial charge in [-0.2, -0.15) is 0 Å². The van der Waals surface area contributed by atoms with Crippen molar-refractivity contribution in [1.29, 1.82) is 0 Å². The van der Waals surface area contributed by atoms with Crippen LogP contribution in [0.25, 0.3) is 10.2 Å². The number of amides is 1. The van der Waals surface area contributed by atoms with Crippen molar-refractivity contribution in [2.24, 2.45) is 0 Å². The van der Waals surface area contributed by atoms with Crippen LogP contribution in [0.3, 0.4) is 0 Å². The summed E-state index contributed by atoms with van der Waals surface area (Å²) in [4.78, 5) is 18.0. The molecule has 0 spiro atoms. The Kier molecular flexibility index (Phi) is 3.95. The number of nitrogen functional groups attached to an aromatic ring is 1. The highest BCUT2D eigenvalue weighted by Gasteiger charge is 2.18. The predicted octanol–water partition coefficient (Wildman–Crippen LogP) is 4.75. The number of thiophene rings is 1. The quantitative estimate of drug-likeness (QED) is 0.700. The molecule has 22 heavy (non-hydrogen) atoms. The van der Waals surface area contributed by atoms with Gasteiger partial charge in [-0.05, 0) is 31.2 Å². The maximum absolute atomic E-state index is 12.4. The van der Waals surface area contributed by atoms with Crippen LogP contribution < -0.4 is 11.1 Å². The van der Waals surface area contributed by atoms with E-state index in [0.29, 0.717) is 26.3 Å². The molecule has 0 saturated carbocycles. The van der Waals surface area contributed by atoms with E-state index in [1.165, 1.54) is 11.3 Å². The number of rotatable bonds is 2. The molecule has 1 aromatic carbocycles. The van der Waals surface area contributed by atoms with Gasteiger partial charge in [0, 0.05) is 11.1 Å². The van der Waals surface area contributed by atoms with Crippen LogP contribution in [0.2, 0.25) is 10.0 Å². The summed E-state index contributed by atoms with van der Waals surface area (Å²) in [6.45, 7) is 1.89. The number of hydrogen-bond donors (Lipinski definition) is 2. The van der Waals surface area contributed by atoms with E-state index in [1.54, 1.807) is 18.2 Å². The second kappa shape index (κ2) is 5.76. The average Bonchev–Trinajstić information content (AvgIpc) is 2.80. The Labute approximate surface area is 140 Å². The zero-order chi connectivity index (χ0) is 15.9. The van der Waals surface area contributed by atoms with Crippen LogP contribution in [-0.4, -0.2) is 10.9 Å². The van der Waals surface area contributed by atoms with Gasteiger partial charge in [0.25, 0.3) is 5.91 Å². The third-order valence-electron chi connectivity index (χ3n) is 3.14. The summed E-state index contributed by atoms with van der Waals surface area (Å²) in [6, 6.07) is 8.77. The molecular weight excluding hydrogens is 341 g/mol. The largest absolute Gasteiger partial charge is 0.397 e. The number of nitrogens with one attached hydrogen (secondary N) is 1. The fourth-order valence-electron chi connectivity index (χ4n) is 2.04. The molecule has 0 fully saturated rings. The number of halogens is 2. The Morgan fingerprint density at radius 2 is 2.05 bits per heavy atom.